The van der Waals surface area contributed by atoms with Gasteiger partial charge in [0.25, 0.3) is 0 Å². The highest BCUT2D eigenvalue weighted by Gasteiger charge is 2.15. The first kappa shape index (κ1) is 16.7. The molecule has 3 nitrogen and oxygen atoms in total. The predicted molar refractivity (Wildman–Crippen MR) is 92.2 cm³/mol. The molecule has 0 aliphatic heterocycles. The SMILES string of the molecule is COC(=O)CC(=O)c1cc(C)ccc1/C=C/c1ccc(C)cc1. The summed E-state index contributed by atoms with van der Waals surface area (Å²) in [5.74, 6) is -0.755. The Morgan fingerprint density at radius 2 is 1.61 bits per heavy atom. The minimum Gasteiger partial charge on any atom is -0.469 e. The topological polar surface area (TPSA) is 43.4 Å². The molecule has 0 bridgehead atoms. The summed E-state index contributed by atoms with van der Waals surface area (Å²) in [6.45, 7) is 3.96. The second kappa shape index (κ2) is 7.54. The van der Waals surface area contributed by atoms with Crippen LogP contribution < -0.4 is 0 Å². The van der Waals surface area contributed by atoms with Crippen LogP contribution in [0.3, 0.4) is 0 Å². The van der Waals surface area contributed by atoms with Crippen LogP contribution in [0.4, 0.5) is 0 Å². The monoisotopic (exact) mass is 308 g/mol. The number of Topliss-reactive ketones (excluding diaryl/α,β-unsaturated/α-hetero) is 1. The Labute approximate surface area is 136 Å². The number of benzene rings is 2. The number of ketones is 1. The molecule has 23 heavy (non-hydrogen) atoms. The molecule has 0 unspecified atom stereocenters. The lowest BCUT2D eigenvalue weighted by atomic mass is 9.98. The Morgan fingerprint density at radius 3 is 2.26 bits per heavy atom. The zero-order valence-electron chi connectivity index (χ0n) is 13.6. The number of esters is 1. The molecule has 0 heterocycles. The van der Waals surface area contributed by atoms with Crippen molar-refractivity contribution in [2.24, 2.45) is 0 Å². The first-order valence-electron chi connectivity index (χ1n) is 7.45. The zero-order valence-corrected chi connectivity index (χ0v) is 13.6. The van der Waals surface area contributed by atoms with Crippen LogP contribution >= 0.6 is 0 Å². The van der Waals surface area contributed by atoms with Gasteiger partial charge in [-0.2, -0.15) is 0 Å². The smallest absolute Gasteiger partial charge is 0.313 e. The van der Waals surface area contributed by atoms with Gasteiger partial charge in [0.1, 0.15) is 6.42 Å². The van der Waals surface area contributed by atoms with Crippen molar-refractivity contribution in [3.05, 3.63) is 70.3 Å². The van der Waals surface area contributed by atoms with E-state index < -0.39 is 5.97 Å². The van der Waals surface area contributed by atoms with Crippen LogP contribution in [0.25, 0.3) is 12.2 Å². The second-order valence-electron chi connectivity index (χ2n) is 5.51. The Kier molecular flexibility index (Phi) is 5.47. The van der Waals surface area contributed by atoms with Crippen molar-refractivity contribution in [3.8, 4) is 0 Å². The molecule has 0 aromatic heterocycles. The highest BCUT2D eigenvalue weighted by molar-refractivity contribution is 6.08. The number of rotatable bonds is 5. The van der Waals surface area contributed by atoms with Crippen LogP contribution in [-0.2, 0) is 9.53 Å². The van der Waals surface area contributed by atoms with E-state index in [2.05, 4.69) is 4.74 Å². The van der Waals surface area contributed by atoms with Crippen molar-refractivity contribution in [1.29, 1.82) is 0 Å². The Morgan fingerprint density at radius 1 is 0.957 bits per heavy atom. The van der Waals surface area contributed by atoms with Crippen molar-refractivity contribution in [2.45, 2.75) is 20.3 Å². The molecular weight excluding hydrogens is 288 g/mol. The van der Waals surface area contributed by atoms with Crippen molar-refractivity contribution >= 4 is 23.9 Å². The molecule has 0 aliphatic rings. The summed E-state index contributed by atoms with van der Waals surface area (Å²) >= 11 is 0. The molecule has 0 saturated heterocycles. The number of methoxy groups -OCH3 is 1. The lowest BCUT2D eigenvalue weighted by molar-refractivity contribution is -0.139. The van der Waals surface area contributed by atoms with Gasteiger partial charge in [0, 0.05) is 5.56 Å². The molecule has 118 valence electrons. The average molecular weight is 308 g/mol. The van der Waals surface area contributed by atoms with Gasteiger partial charge in [-0.05, 0) is 31.0 Å². The first-order valence-corrected chi connectivity index (χ1v) is 7.45. The molecular formula is C20H20O3. The fourth-order valence-corrected chi connectivity index (χ4v) is 2.22. The largest absolute Gasteiger partial charge is 0.469 e. The standard InChI is InChI=1S/C20H20O3/c1-14-4-7-16(8-5-14)9-11-17-10-6-15(2)12-18(17)19(21)13-20(22)23-3/h4-12H,13H2,1-3H3/b11-9+. The van der Waals surface area contributed by atoms with E-state index in [1.807, 2.05) is 62.4 Å². The maximum Gasteiger partial charge on any atom is 0.313 e. The second-order valence-corrected chi connectivity index (χ2v) is 5.51. The van der Waals surface area contributed by atoms with E-state index in [1.54, 1.807) is 6.07 Å². The van der Waals surface area contributed by atoms with E-state index in [-0.39, 0.29) is 12.2 Å². The molecule has 0 amide bonds. The number of ether oxygens (including phenoxy) is 1. The van der Waals surface area contributed by atoms with Gasteiger partial charge in [-0.25, -0.2) is 0 Å². The third kappa shape index (κ3) is 4.65. The number of carbonyl (C=O) groups excluding carboxylic acids is 2. The Bertz CT molecular complexity index is 740. The minimum absolute atomic E-state index is 0.232. The van der Waals surface area contributed by atoms with Gasteiger partial charge in [-0.15, -0.1) is 0 Å². The van der Waals surface area contributed by atoms with E-state index in [9.17, 15) is 9.59 Å². The molecule has 2 rings (SSSR count). The van der Waals surface area contributed by atoms with E-state index >= 15 is 0 Å². The summed E-state index contributed by atoms with van der Waals surface area (Å²) in [4.78, 5) is 23.7. The van der Waals surface area contributed by atoms with Crippen molar-refractivity contribution in [2.75, 3.05) is 7.11 Å². The number of hydrogen-bond donors (Lipinski definition) is 0. The maximum atomic E-state index is 12.3. The summed E-state index contributed by atoms with van der Waals surface area (Å²) in [5, 5.41) is 0. The number of carbonyl (C=O) groups is 2. The van der Waals surface area contributed by atoms with Gasteiger partial charge < -0.3 is 4.74 Å². The highest BCUT2D eigenvalue weighted by Crippen LogP contribution is 2.18. The summed E-state index contributed by atoms with van der Waals surface area (Å²) in [6, 6.07) is 13.8. The molecule has 0 radical (unpaired) electrons. The fourth-order valence-electron chi connectivity index (χ4n) is 2.22. The zero-order chi connectivity index (χ0) is 16.8. The van der Waals surface area contributed by atoms with Gasteiger partial charge in [0.05, 0.1) is 7.11 Å². The van der Waals surface area contributed by atoms with E-state index in [0.29, 0.717) is 5.56 Å². The fraction of sp³-hybridized carbons (Fsp3) is 0.200. The van der Waals surface area contributed by atoms with Crippen molar-refractivity contribution in [3.63, 3.8) is 0 Å². The number of aryl methyl sites for hydroxylation is 2. The van der Waals surface area contributed by atoms with E-state index in [1.165, 1.54) is 12.7 Å². The Hall–Kier alpha value is -2.68. The van der Waals surface area contributed by atoms with Crippen LogP contribution in [0, 0.1) is 13.8 Å². The molecule has 3 heteroatoms. The summed E-state index contributed by atoms with van der Waals surface area (Å²) in [7, 11) is 1.28. The molecule has 2 aromatic rings. The summed E-state index contributed by atoms with van der Waals surface area (Å²) in [5.41, 5.74) is 4.57. The lowest BCUT2D eigenvalue weighted by Crippen LogP contribution is -2.10. The molecule has 0 fully saturated rings. The quantitative estimate of drug-likeness (QED) is 0.359. The van der Waals surface area contributed by atoms with Crippen LogP contribution in [0.1, 0.15) is 39.0 Å². The number of hydrogen-bond acceptors (Lipinski definition) is 3. The highest BCUT2D eigenvalue weighted by atomic mass is 16.5. The molecule has 2 aromatic carbocycles. The van der Waals surface area contributed by atoms with Gasteiger partial charge in [-0.1, -0.05) is 59.7 Å². The van der Waals surface area contributed by atoms with Crippen LogP contribution in [0.5, 0.6) is 0 Å². The van der Waals surface area contributed by atoms with Crippen LogP contribution in [0.2, 0.25) is 0 Å². The molecule has 0 saturated carbocycles. The molecule has 0 aliphatic carbocycles. The van der Waals surface area contributed by atoms with Gasteiger partial charge in [0.15, 0.2) is 5.78 Å². The van der Waals surface area contributed by atoms with Crippen molar-refractivity contribution in [1.82, 2.24) is 0 Å². The summed E-state index contributed by atoms with van der Waals surface area (Å²) < 4.78 is 4.58. The van der Waals surface area contributed by atoms with Crippen molar-refractivity contribution < 1.29 is 14.3 Å². The third-order valence-electron chi connectivity index (χ3n) is 3.57. The average Bonchev–Trinajstić information content (AvgIpc) is 2.55. The van der Waals surface area contributed by atoms with E-state index in [4.69, 9.17) is 0 Å². The molecule has 0 atom stereocenters. The Balaban J connectivity index is 2.29. The first-order chi connectivity index (χ1) is 11.0. The normalized spacial score (nSPS) is 10.7. The van der Waals surface area contributed by atoms with E-state index in [0.717, 1.165) is 16.7 Å². The minimum atomic E-state index is -0.523. The third-order valence-corrected chi connectivity index (χ3v) is 3.57. The van der Waals surface area contributed by atoms with Gasteiger partial charge in [0.2, 0.25) is 0 Å². The molecule has 0 N–H and O–H groups in total. The predicted octanol–water partition coefficient (Wildman–Crippen LogP) is 4.22. The van der Waals surface area contributed by atoms with Gasteiger partial charge in [-0.3, -0.25) is 9.59 Å². The lowest BCUT2D eigenvalue weighted by Gasteiger charge is -2.06. The van der Waals surface area contributed by atoms with Crippen LogP contribution in [0.15, 0.2) is 42.5 Å². The summed E-state index contributed by atoms with van der Waals surface area (Å²) in [6.07, 6.45) is 3.61. The van der Waals surface area contributed by atoms with Crippen LogP contribution in [-0.4, -0.2) is 18.9 Å². The van der Waals surface area contributed by atoms with Gasteiger partial charge >= 0.3 is 5.97 Å². The maximum absolute atomic E-state index is 12.3. The molecule has 0 spiro atoms.